The number of nitrogens with one attached hydrogen (secondary N) is 1. The molecule has 0 saturated heterocycles. The second kappa shape index (κ2) is 7.18. The summed E-state index contributed by atoms with van der Waals surface area (Å²) >= 11 is 0. The first kappa shape index (κ1) is 18.9. The Kier molecular flexibility index (Phi) is 4.68. The predicted molar refractivity (Wildman–Crippen MR) is 101 cm³/mol. The minimum absolute atomic E-state index is 0.0851. The minimum atomic E-state index is -3.57. The molecule has 2 heterocycles. The van der Waals surface area contributed by atoms with Crippen LogP contribution < -0.4 is 14.8 Å². The zero-order valence-corrected chi connectivity index (χ0v) is 16.3. The molecule has 0 saturated carbocycles. The Balaban J connectivity index is 1.48. The van der Waals surface area contributed by atoms with Crippen molar-refractivity contribution in [2.45, 2.75) is 4.90 Å². The van der Waals surface area contributed by atoms with E-state index in [2.05, 4.69) is 15.5 Å². The summed E-state index contributed by atoms with van der Waals surface area (Å²) in [6, 6.07) is 10.6. The second-order valence-electron chi connectivity index (χ2n) is 6.25. The van der Waals surface area contributed by atoms with E-state index in [0.29, 0.717) is 17.1 Å². The lowest BCUT2D eigenvalue weighted by atomic mass is 10.2. The molecule has 150 valence electrons. The molecular formula is C18H16N4O6S. The topological polar surface area (TPSA) is 124 Å². The van der Waals surface area contributed by atoms with E-state index in [-0.39, 0.29) is 29.2 Å². The maximum absolute atomic E-state index is 12.4. The van der Waals surface area contributed by atoms with Gasteiger partial charge >= 0.3 is 6.01 Å². The van der Waals surface area contributed by atoms with Gasteiger partial charge in [-0.05, 0) is 42.5 Å². The Bertz CT molecular complexity index is 1170. The summed E-state index contributed by atoms with van der Waals surface area (Å²) in [6.07, 6.45) is 0. The van der Waals surface area contributed by atoms with E-state index in [4.69, 9.17) is 13.9 Å². The Hall–Kier alpha value is -3.44. The number of ether oxygens (including phenoxy) is 2. The molecule has 0 spiro atoms. The number of carbonyl (C=O) groups is 1. The van der Waals surface area contributed by atoms with Crippen LogP contribution in [0, 0.1) is 0 Å². The van der Waals surface area contributed by atoms with Gasteiger partial charge in [0.2, 0.25) is 22.7 Å². The van der Waals surface area contributed by atoms with Crippen LogP contribution in [0.1, 0.15) is 10.4 Å². The standard InChI is InChI=1S/C18H16N4O6S/c1-22(2)29(24,25)13-6-3-11(4-7-13)16(23)19-18-21-20-17(28-18)12-5-8-14-15(9-12)27-10-26-14/h3-9H,10H2,1-2H3,(H,19,21,23). The molecule has 2 aromatic carbocycles. The highest BCUT2D eigenvalue weighted by Crippen LogP contribution is 2.35. The molecule has 1 amide bonds. The van der Waals surface area contributed by atoms with Crippen molar-refractivity contribution in [3.05, 3.63) is 48.0 Å². The van der Waals surface area contributed by atoms with Crippen molar-refractivity contribution in [2.75, 3.05) is 26.2 Å². The highest BCUT2D eigenvalue weighted by Gasteiger charge is 2.19. The van der Waals surface area contributed by atoms with Crippen LogP contribution in [0.3, 0.4) is 0 Å². The summed E-state index contributed by atoms with van der Waals surface area (Å²) in [4.78, 5) is 12.5. The van der Waals surface area contributed by atoms with Gasteiger partial charge in [0, 0.05) is 25.2 Å². The van der Waals surface area contributed by atoms with Gasteiger partial charge in [-0.15, -0.1) is 5.10 Å². The molecule has 0 aliphatic carbocycles. The summed E-state index contributed by atoms with van der Waals surface area (Å²) < 4.78 is 41.3. The van der Waals surface area contributed by atoms with E-state index in [0.717, 1.165) is 4.31 Å². The number of fused-ring (bicyclic) bond motifs is 1. The molecule has 3 aromatic rings. The summed E-state index contributed by atoms with van der Waals surface area (Å²) in [6.45, 7) is 0.151. The highest BCUT2D eigenvalue weighted by atomic mass is 32.2. The van der Waals surface area contributed by atoms with Gasteiger partial charge in [0.05, 0.1) is 4.90 Å². The number of rotatable bonds is 5. The molecule has 1 aliphatic heterocycles. The van der Waals surface area contributed by atoms with Crippen LogP contribution in [0.4, 0.5) is 6.01 Å². The lowest BCUT2D eigenvalue weighted by Crippen LogP contribution is -2.22. The number of benzene rings is 2. The van der Waals surface area contributed by atoms with Gasteiger partial charge in [0.25, 0.3) is 5.91 Å². The average molecular weight is 416 g/mol. The SMILES string of the molecule is CN(C)S(=O)(=O)c1ccc(C(=O)Nc2nnc(-c3ccc4c(c3)OCO4)o2)cc1. The van der Waals surface area contributed by atoms with Gasteiger partial charge in [0.15, 0.2) is 11.5 Å². The molecule has 1 aromatic heterocycles. The lowest BCUT2D eigenvalue weighted by Gasteiger charge is -2.11. The van der Waals surface area contributed by atoms with E-state index in [1.165, 1.54) is 38.4 Å². The van der Waals surface area contributed by atoms with Crippen molar-refractivity contribution in [3.63, 3.8) is 0 Å². The van der Waals surface area contributed by atoms with Gasteiger partial charge < -0.3 is 13.9 Å². The van der Waals surface area contributed by atoms with Crippen LogP contribution in [-0.4, -0.2) is 49.7 Å². The van der Waals surface area contributed by atoms with Gasteiger partial charge in [-0.25, -0.2) is 12.7 Å². The third-order valence-electron chi connectivity index (χ3n) is 4.16. The zero-order valence-electron chi connectivity index (χ0n) is 15.4. The average Bonchev–Trinajstić information content (AvgIpc) is 3.36. The lowest BCUT2D eigenvalue weighted by molar-refractivity contribution is 0.102. The molecule has 1 aliphatic rings. The molecule has 10 nitrogen and oxygen atoms in total. The number of hydrogen-bond acceptors (Lipinski definition) is 8. The van der Waals surface area contributed by atoms with Crippen LogP contribution in [0.2, 0.25) is 0 Å². The van der Waals surface area contributed by atoms with E-state index < -0.39 is 15.9 Å². The quantitative estimate of drug-likeness (QED) is 0.669. The number of carbonyl (C=O) groups excluding carboxylic acids is 1. The number of anilines is 1. The van der Waals surface area contributed by atoms with E-state index in [9.17, 15) is 13.2 Å². The third-order valence-corrected chi connectivity index (χ3v) is 5.99. The van der Waals surface area contributed by atoms with Crippen molar-refractivity contribution in [1.82, 2.24) is 14.5 Å². The van der Waals surface area contributed by atoms with Gasteiger partial charge in [-0.2, -0.15) is 0 Å². The first-order valence-electron chi connectivity index (χ1n) is 8.42. The molecule has 0 radical (unpaired) electrons. The van der Waals surface area contributed by atoms with Gasteiger partial charge in [-0.1, -0.05) is 5.10 Å². The molecular weight excluding hydrogens is 400 g/mol. The Morgan fingerprint density at radius 2 is 1.76 bits per heavy atom. The van der Waals surface area contributed by atoms with Crippen LogP contribution in [0.5, 0.6) is 11.5 Å². The first-order valence-corrected chi connectivity index (χ1v) is 9.86. The Labute approximate surface area is 166 Å². The predicted octanol–water partition coefficient (Wildman–Crippen LogP) is 1.97. The van der Waals surface area contributed by atoms with Crippen molar-refractivity contribution >= 4 is 21.9 Å². The summed E-state index contributed by atoms with van der Waals surface area (Å²) in [5.41, 5.74) is 0.853. The summed E-state index contributed by atoms with van der Waals surface area (Å²) in [5.74, 6) is 0.881. The molecule has 0 fully saturated rings. The summed E-state index contributed by atoms with van der Waals surface area (Å²) in [5, 5.41) is 10.2. The summed E-state index contributed by atoms with van der Waals surface area (Å²) in [7, 11) is -0.701. The van der Waals surface area contributed by atoms with Crippen molar-refractivity contribution < 1.29 is 27.1 Å². The largest absolute Gasteiger partial charge is 0.454 e. The van der Waals surface area contributed by atoms with Gasteiger partial charge in [0.1, 0.15) is 0 Å². The number of hydrogen-bond donors (Lipinski definition) is 1. The third kappa shape index (κ3) is 3.65. The fourth-order valence-corrected chi connectivity index (χ4v) is 3.48. The molecule has 0 unspecified atom stereocenters. The van der Waals surface area contributed by atoms with Gasteiger partial charge in [-0.3, -0.25) is 10.1 Å². The first-order chi connectivity index (χ1) is 13.8. The smallest absolute Gasteiger partial charge is 0.322 e. The molecule has 4 rings (SSSR count). The fraction of sp³-hybridized carbons (Fsp3) is 0.167. The zero-order chi connectivity index (χ0) is 20.6. The number of sulfonamides is 1. The van der Waals surface area contributed by atoms with Crippen LogP contribution in [0.15, 0.2) is 51.8 Å². The van der Waals surface area contributed by atoms with E-state index >= 15 is 0 Å². The Morgan fingerprint density at radius 1 is 1.03 bits per heavy atom. The van der Waals surface area contributed by atoms with Crippen molar-refractivity contribution in [1.29, 1.82) is 0 Å². The van der Waals surface area contributed by atoms with Crippen LogP contribution >= 0.6 is 0 Å². The Morgan fingerprint density at radius 3 is 2.48 bits per heavy atom. The molecule has 11 heteroatoms. The van der Waals surface area contributed by atoms with E-state index in [1.807, 2.05) is 0 Å². The molecule has 1 N–H and O–H groups in total. The monoisotopic (exact) mass is 416 g/mol. The minimum Gasteiger partial charge on any atom is -0.454 e. The molecule has 0 atom stereocenters. The maximum atomic E-state index is 12.4. The molecule has 29 heavy (non-hydrogen) atoms. The van der Waals surface area contributed by atoms with E-state index in [1.54, 1.807) is 18.2 Å². The second-order valence-corrected chi connectivity index (χ2v) is 8.40. The normalized spacial score (nSPS) is 12.9. The molecule has 0 bridgehead atoms. The maximum Gasteiger partial charge on any atom is 0.322 e. The number of aromatic nitrogens is 2. The van der Waals surface area contributed by atoms with Crippen molar-refractivity contribution in [3.8, 4) is 23.0 Å². The van der Waals surface area contributed by atoms with Crippen molar-refractivity contribution in [2.24, 2.45) is 0 Å². The highest BCUT2D eigenvalue weighted by molar-refractivity contribution is 7.89. The number of amides is 1. The van der Waals surface area contributed by atoms with Crippen LogP contribution in [-0.2, 0) is 10.0 Å². The fourth-order valence-electron chi connectivity index (χ4n) is 2.58. The van der Waals surface area contributed by atoms with Crippen LogP contribution in [0.25, 0.3) is 11.5 Å². The number of nitrogens with zero attached hydrogens (tertiary/aromatic N) is 3.